The van der Waals surface area contributed by atoms with E-state index in [1.165, 1.54) is 24.0 Å². The van der Waals surface area contributed by atoms with E-state index in [2.05, 4.69) is 22.5 Å². The van der Waals surface area contributed by atoms with Crippen LogP contribution in [-0.2, 0) is 6.42 Å². The van der Waals surface area contributed by atoms with Gasteiger partial charge in [-0.1, -0.05) is 0 Å². The van der Waals surface area contributed by atoms with Crippen molar-refractivity contribution in [3.05, 3.63) is 59.4 Å². The Bertz CT molecular complexity index is 955. The van der Waals surface area contributed by atoms with Gasteiger partial charge in [0.1, 0.15) is 0 Å². The Morgan fingerprint density at radius 1 is 1.13 bits per heavy atom. The fourth-order valence-electron chi connectivity index (χ4n) is 3.67. The number of primary amides is 1. The molecule has 31 heavy (non-hydrogen) atoms. The summed E-state index contributed by atoms with van der Waals surface area (Å²) in [7, 11) is 0. The Morgan fingerprint density at radius 3 is 2.55 bits per heavy atom. The van der Waals surface area contributed by atoms with E-state index in [0.717, 1.165) is 31.2 Å². The molecular formula is C23H28AsN3O4. The maximum absolute atomic E-state index is 12.4. The summed E-state index contributed by atoms with van der Waals surface area (Å²) < 4.78 is 5.67. The number of aryl methyl sites for hydroxylation is 1. The molecular weight excluding hydrogens is 457 g/mol. The summed E-state index contributed by atoms with van der Waals surface area (Å²) in [6.45, 7) is 1.26. The van der Waals surface area contributed by atoms with Crippen LogP contribution in [0.25, 0.3) is 0 Å². The third-order valence-corrected chi connectivity index (χ3v) is 7.74. The Hall–Kier alpha value is -2.66. The number of rotatable bonds is 7. The molecule has 0 atom stereocenters. The average molecular weight is 485 g/mol. The predicted molar refractivity (Wildman–Crippen MR) is 120 cm³/mol. The van der Waals surface area contributed by atoms with Gasteiger partial charge in [-0.2, -0.15) is 0 Å². The Labute approximate surface area is 187 Å². The van der Waals surface area contributed by atoms with Crippen LogP contribution in [0.3, 0.4) is 0 Å². The van der Waals surface area contributed by atoms with Gasteiger partial charge in [-0.15, -0.1) is 0 Å². The van der Waals surface area contributed by atoms with Crippen LogP contribution < -0.4 is 10.5 Å². The number of carbonyl (C=O) groups excluding carboxylic acids is 3. The molecule has 2 N–H and O–H groups in total. The first-order valence-electron chi connectivity index (χ1n) is 10.4. The molecule has 1 aromatic heterocycles. The number of amides is 2. The molecule has 0 bridgehead atoms. The summed E-state index contributed by atoms with van der Waals surface area (Å²) >= 11 is -1.39. The summed E-state index contributed by atoms with van der Waals surface area (Å²) in [5.41, 5.74) is 11.6. The monoisotopic (exact) mass is 485 g/mol. The molecule has 0 spiro atoms. The molecule has 7 nitrogen and oxygen atoms in total. The first-order chi connectivity index (χ1) is 14.8. The number of hydrogen-bond acceptors (Lipinski definition) is 5. The van der Waals surface area contributed by atoms with E-state index in [4.69, 9.17) is 10.5 Å². The molecule has 1 aliphatic rings. The van der Waals surface area contributed by atoms with Crippen LogP contribution in [0.5, 0.6) is 5.75 Å². The zero-order valence-corrected chi connectivity index (χ0v) is 19.8. The Balaban J connectivity index is 1.47. The Kier molecular flexibility index (Phi) is 7.85. The van der Waals surface area contributed by atoms with Gasteiger partial charge in [0.25, 0.3) is 0 Å². The minimum atomic E-state index is -1.39. The van der Waals surface area contributed by atoms with Crippen molar-refractivity contribution in [3.63, 3.8) is 0 Å². The van der Waals surface area contributed by atoms with Gasteiger partial charge in [-0.25, -0.2) is 0 Å². The quantitative estimate of drug-likeness (QED) is 0.605. The number of piperidine rings is 1. The van der Waals surface area contributed by atoms with Crippen LogP contribution in [0, 0.1) is 5.92 Å². The van der Waals surface area contributed by atoms with Crippen molar-refractivity contribution in [1.29, 1.82) is 0 Å². The molecule has 164 valence electrons. The molecule has 8 heteroatoms. The maximum atomic E-state index is 12.4. The van der Waals surface area contributed by atoms with E-state index < -0.39 is 26.7 Å². The minimum absolute atomic E-state index is 0.200. The molecule has 2 heterocycles. The van der Waals surface area contributed by atoms with E-state index in [-0.39, 0.29) is 11.3 Å². The number of carbonyl (C=O) groups is 3. The second-order valence-corrected chi connectivity index (χ2v) is 12.6. The SMILES string of the molecule is C[As](C)C(=O)c1cccc(CCC2CCN(C(=O)Oc3cncc(C(N)=O)c3)CC2)c1. The fourth-order valence-corrected chi connectivity index (χ4v) is 5.04. The molecule has 2 amide bonds. The van der Waals surface area contributed by atoms with Crippen molar-refractivity contribution in [2.75, 3.05) is 13.1 Å². The van der Waals surface area contributed by atoms with Gasteiger partial charge in [0, 0.05) is 6.20 Å². The zero-order valence-electron chi connectivity index (χ0n) is 17.9. The van der Waals surface area contributed by atoms with Crippen molar-refractivity contribution in [2.45, 2.75) is 37.1 Å². The van der Waals surface area contributed by atoms with Gasteiger partial charge in [0.05, 0.1) is 11.8 Å². The predicted octanol–water partition coefficient (Wildman–Crippen LogP) is 3.50. The van der Waals surface area contributed by atoms with Gasteiger partial charge in [-0.05, 0) is 6.07 Å². The average Bonchev–Trinajstić information content (AvgIpc) is 2.77. The topological polar surface area (TPSA) is 103 Å². The van der Waals surface area contributed by atoms with Gasteiger partial charge < -0.3 is 5.73 Å². The first kappa shape index (κ1) is 23.0. The number of ether oxygens (including phenoxy) is 1. The summed E-state index contributed by atoms with van der Waals surface area (Å²) in [5, 5.41) is 0. The van der Waals surface area contributed by atoms with E-state index in [0.29, 0.717) is 23.6 Å². The molecule has 0 unspecified atom stereocenters. The molecule has 1 aliphatic heterocycles. The van der Waals surface area contributed by atoms with Crippen LogP contribution in [0.2, 0.25) is 11.4 Å². The van der Waals surface area contributed by atoms with Crippen LogP contribution in [0.15, 0.2) is 42.7 Å². The third kappa shape index (κ3) is 6.41. The zero-order chi connectivity index (χ0) is 22.4. The second kappa shape index (κ2) is 10.6. The molecule has 2 aromatic rings. The number of aromatic nitrogens is 1. The van der Waals surface area contributed by atoms with Crippen molar-refractivity contribution in [1.82, 2.24) is 9.88 Å². The van der Waals surface area contributed by atoms with Gasteiger partial charge in [0.2, 0.25) is 5.91 Å². The van der Waals surface area contributed by atoms with E-state index in [1.54, 1.807) is 4.90 Å². The number of hydrogen-bond donors (Lipinski definition) is 1. The molecule has 0 saturated carbocycles. The number of pyridine rings is 1. The summed E-state index contributed by atoms with van der Waals surface area (Å²) in [5.74, 6) is 0.123. The van der Waals surface area contributed by atoms with Crippen molar-refractivity contribution < 1.29 is 19.1 Å². The summed E-state index contributed by atoms with van der Waals surface area (Å²) in [6, 6.07) is 9.43. The van der Waals surface area contributed by atoms with Crippen LogP contribution in [-0.4, -0.2) is 54.2 Å². The summed E-state index contributed by atoms with van der Waals surface area (Å²) in [4.78, 5) is 41.5. The number of benzene rings is 1. The third-order valence-electron chi connectivity index (χ3n) is 5.50. The molecule has 3 rings (SSSR count). The molecule has 0 radical (unpaired) electrons. The van der Waals surface area contributed by atoms with Gasteiger partial charge in [-0.3, -0.25) is 9.78 Å². The van der Waals surface area contributed by atoms with E-state index >= 15 is 0 Å². The standard InChI is InChI=1S/C23H28AsN3O4/c1-24(2)21(28)18-5-3-4-17(12-18)7-6-16-8-10-27(11-9-16)23(30)31-20-13-19(22(25)29)14-26-15-20/h3-5,12-16H,6-11H2,1-2H3,(H2,25,29). The Morgan fingerprint density at radius 2 is 1.87 bits per heavy atom. The first-order valence-corrected chi connectivity index (χ1v) is 15.0. The normalized spacial score (nSPS) is 14.5. The number of likely N-dealkylation sites (tertiary alicyclic amines) is 1. The molecule has 1 fully saturated rings. The summed E-state index contributed by atoms with van der Waals surface area (Å²) in [6.07, 6.45) is 6.07. The number of nitrogens with two attached hydrogens (primary N) is 1. The fraction of sp³-hybridized carbons (Fsp3) is 0.391. The van der Waals surface area contributed by atoms with Crippen molar-refractivity contribution in [2.24, 2.45) is 11.7 Å². The van der Waals surface area contributed by atoms with Gasteiger partial charge >= 0.3 is 136 Å². The second-order valence-electron chi connectivity index (χ2n) is 8.01. The van der Waals surface area contributed by atoms with Crippen molar-refractivity contribution in [3.8, 4) is 5.75 Å². The number of nitrogens with zero attached hydrogens (tertiary/aromatic N) is 2. The molecule has 1 saturated heterocycles. The van der Waals surface area contributed by atoms with Gasteiger partial charge in [0.15, 0.2) is 5.75 Å². The van der Waals surface area contributed by atoms with Crippen LogP contribution in [0.4, 0.5) is 4.79 Å². The molecule has 1 aromatic carbocycles. The van der Waals surface area contributed by atoms with Crippen molar-refractivity contribution >= 4 is 31.2 Å². The van der Waals surface area contributed by atoms with Crippen LogP contribution >= 0.6 is 0 Å². The van der Waals surface area contributed by atoms with Crippen LogP contribution in [0.1, 0.15) is 45.5 Å². The molecule has 0 aliphatic carbocycles. The van der Waals surface area contributed by atoms with E-state index in [9.17, 15) is 14.4 Å². The van der Waals surface area contributed by atoms with E-state index in [1.807, 2.05) is 18.2 Å².